The van der Waals surface area contributed by atoms with Gasteiger partial charge >= 0.3 is 0 Å². The van der Waals surface area contributed by atoms with Gasteiger partial charge in [0.15, 0.2) is 0 Å². The minimum absolute atomic E-state index is 0.370. The van der Waals surface area contributed by atoms with Gasteiger partial charge in [-0.25, -0.2) is 0 Å². The van der Waals surface area contributed by atoms with Crippen molar-refractivity contribution in [2.75, 3.05) is 49.6 Å². The van der Waals surface area contributed by atoms with Crippen LogP contribution in [0.25, 0.3) is 0 Å². The van der Waals surface area contributed by atoms with Crippen LogP contribution in [0.5, 0.6) is 0 Å². The molecular formula is C12H28NPS. The number of thioether (sulfide) groups is 1. The maximum absolute atomic E-state index is 2.51. The Hall–Kier alpha value is 0.740. The van der Waals surface area contributed by atoms with Gasteiger partial charge in [0.25, 0.3) is 0 Å². The Balaban J connectivity index is 3.30. The van der Waals surface area contributed by atoms with Crippen LogP contribution in [0.15, 0.2) is 0 Å². The highest BCUT2D eigenvalue weighted by molar-refractivity contribution is 7.99. The van der Waals surface area contributed by atoms with Crippen molar-refractivity contribution in [2.45, 2.75) is 27.7 Å². The SMILES string of the molecule is CCN(CC)CCSCCP(CC)CC. The van der Waals surface area contributed by atoms with Crippen LogP contribution in [0.3, 0.4) is 0 Å². The monoisotopic (exact) mass is 249 g/mol. The highest BCUT2D eigenvalue weighted by Gasteiger charge is 2.02. The summed E-state index contributed by atoms with van der Waals surface area (Å²) in [6, 6.07) is 0. The molecule has 0 aromatic heterocycles. The lowest BCUT2D eigenvalue weighted by Gasteiger charge is -2.18. The fourth-order valence-electron chi connectivity index (χ4n) is 1.57. The summed E-state index contributed by atoms with van der Waals surface area (Å²) >= 11 is 2.15. The Morgan fingerprint density at radius 2 is 1.53 bits per heavy atom. The van der Waals surface area contributed by atoms with Crippen molar-refractivity contribution in [1.82, 2.24) is 4.90 Å². The molecule has 0 unspecified atom stereocenters. The zero-order valence-corrected chi connectivity index (χ0v) is 12.7. The second kappa shape index (κ2) is 11.2. The van der Waals surface area contributed by atoms with Gasteiger partial charge in [-0.1, -0.05) is 27.7 Å². The fourth-order valence-corrected chi connectivity index (χ4v) is 4.79. The number of hydrogen-bond donors (Lipinski definition) is 0. The Kier molecular flexibility index (Phi) is 11.8. The highest BCUT2D eigenvalue weighted by atomic mass is 32.2. The van der Waals surface area contributed by atoms with Crippen LogP contribution < -0.4 is 0 Å². The molecular weight excluding hydrogens is 221 g/mol. The van der Waals surface area contributed by atoms with Crippen LogP contribution in [0.1, 0.15) is 27.7 Å². The zero-order chi connectivity index (χ0) is 11.5. The summed E-state index contributed by atoms with van der Waals surface area (Å²) < 4.78 is 0. The first kappa shape index (κ1) is 15.7. The van der Waals surface area contributed by atoms with Gasteiger partial charge in [0.05, 0.1) is 0 Å². The van der Waals surface area contributed by atoms with Crippen molar-refractivity contribution in [3.05, 3.63) is 0 Å². The Morgan fingerprint density at radius 1 is 0.933 bits per heavy atom. The van der Waals surface area contributed by atoms with E-state index < -0.39 is 0 Å². The molecule has 0 aromatic carbocycles. The quantitative estimate of drug-likeness (QED) is 0.430. The molecule has 0 aromatic rings. The van der Waals surface area contributed by atoms with Crippen LogP contribution in [-0.4, -0.2) is 54.5 Å². The van der Waals surface area contributed by atoms with Crippen LogP contribution in [0, 0.1) is 0 Å². The molecule has 0 bridgehead atoms. The number of rotatable bonds is 10. The molecule has 0 aliphatic heterocycles. The van der Waals surface area contributed by atoms with E-state index in [0.717, 1.165) is 0 Å². The van der Waals surface area contributed by atoms with Gasteiger partial charge in [0, 0.05) is 12.3 Å². The van der Waals surface area contributed by atoms with E-state index >= 15 is 0 Å². The summed E-state index contributed by atoms with van der Waals surface area (Å²) in [5.41, 5.74) is 0. The molecule has 0 amide bonds. The summed E-state index contributed by atoms with van der Waals surface area (Å²) in [5.74, 6) is 2.70. The van der Waals surface area contributed by atoms with Gasteiger partial charge in [-0.15, -0.1) is 7.92 Å². The number of hydrogen-bond acceptors (Lipinski definition) is 2. The van der Waals surface area contributed by atoms with Crippen molar-refractivity contribution in [3.8, 4) is 0 Å². The first-order valence-electron chi connectivity index (χ1n) is 6.30. The molecule has 0 atom stereocenters. The Labute approximate surface area is 102 Å². The Morgan fingerprint density at radius 3 is 2.00 bits per heavy atom. The smallest absolute Gasteiger partial charge is 0.00721 e. The van der Waals surface area contributed by atoms with Crippen LogP contribution in [0.2, 0.25) is 0 Å². The maximum atomic E-state index is 2.51. The summed E-state index contributed by atoms with van der Waals surface area (Å²) in [6.07, 6.45) is 4.32. The van der Waals surface area contributed by atoms with E-state index in [1.807, 2.05) is 0 Å². The molecule has 0 N–H and O–H groups in total. The lowest BCUT2D eigenvalue weighted by molar-refractivity contribution is 0.324. The van der Waals surface area contributed by atoms with E-state index in [9.17, 15) is 0 Å². The third-order valence-electron chi connectivity index (χ3n) is 2.89. The highest BCUT2D eigenvalue weighted by Crippen LogP contribution is 2.34. The third kappa shape index (κ3) is 8.54. The molecule has 0 fully saturated rings. The molecule has 0 aliphatic rings. The molecule has 92 valence electrons. The predicted octanol–water partition coefficient (Wildman–Crippen LogP) is 3.58. The van der Waals surface area contributed by atoms with Gasteiger partial charge in [-0.05, 0) is 37.3 Å². The van der Waals surface area contributed by atoms with Crippen molar-refractivity contribution in [1.29, 1.82) is 0 Å². The first-order valence-corrected chi connectivity index (χ1v) is 9.36. The average Bonchev–Trinajstić information content (AvgIpc) is 2.29. The van der Waals surface area contributed by atoms with Crippen LogP contribution >= 0.6 is 19.7 Å². The van der Waals surface area contributed by atoms with Gasteiger partial charge in [-0.2, -0.15) is 11.8 Å². The zero-order valence-electron chi connectivity index (χ0n) is 11.0. The normalized spacial score (nSPS) is 11.6. The van der Waals surface area contributed by atoms with Crippen LogP contribution in [0.4, 0.5) is 0 Å². The standard InChI is InChI=1S/C12H28NPS/c1-5-13(6-2)9-11-15-12-10-14(7-3)8-4/h5-12H2,1-4H3. The van der Waals surface area contributed by atoms with E-state index in [1.165, 1.54) is 49.6 Å². The lowest BCUT2D eigenvalue weighted by atomic mass is 10.5. The number of nitrogens with zero attached hydrogens (tertiary/aromatic N) is 1. The van der Waals surface area contributed by atoms with E-state index in [4.69, 9.17) is 0 Å². The largest absolute Gasteiger partial charge is 0.303 e. The first-order chi connectivity index (χ1) is 7.28. The second-order valence-electron chi connectivity index (χ2n) is 3.67. The molecule has 0 aliphatic carbocycles. The van der Waals surface area contributed by atoms with E-state index in [-0.39, 0.29) is 0 Å². The van der Waals surface area contributed by atoms with Crippen molar-refractivity contribution < 1.29 is 0 Å². The van der Waals surface area contributed by atoms with Crippen molar-refractivity contribution in [2.24, 2.45) is 0 Å². The summed E-state index contributed by atoms with van der Waals surface area (Å²) in [7, 11) is 0.370. The molecule has 0 saturated carbocycles. The van der Waals surface area contributed by atoms with Crippen molar-refractivity contribution >= 4 is 19.7 Å². The summed E-state index contributed by atoms with van der Waals surface area (Å²) in [5, 5.41) is 0. The van der Waals surface area contributed by atoms with Crippen LogP contribution in [-0.2, 0) is 0 Å². The topological polar surface area (TPSA) is 3.24 Å². The third-order valence-corrected chi connectivity index (χ3v) is 6.80. The molecule has 0 radical (unpaired) electrons. The lowest BCUT2D eigenvalue weighted by Crippen LogP contribution is -2.25. The Bertz CT molecular complexity index is 111. The van der Waals surface area contributed by atoms with Gasteiger partial charge in [0.2, 0.25) is 0 Å². The van der Waals surface area contributed by atoms with Gasteiger partial charge in [-0.3, -0.25) is 0 Å². The predicted molar refractivity (Wildman–Crippen MR) is 78.0 cm³/mol. The summed E-state index contributed by atoms with van der Waals surface area (Å²) in [4.78, 5) is 2.51. The molecule has 0 spiro atoms. The molecule has 1 nitrogen and oxygen atoms in total. The molecule has 15 heavy (non-hydrogen) atoms. The minimum Gasteiger partial charge on any atom is -0.303 e. The average molecular weight is 249 g/mol. The van der Waals surface area contributed by atoms with E-state index in [0.29, 0.717) is 7.92 Å². The minimum atomic E-state index is 0.370. The van der Waals surface area contributed by atoms with Gasteiger partial charge < -0.3 is 4.90 Å². The molecule has 3 heteroatoms. The van der Waals surface area contributed by atoms with E-state index in [1.54, 1.807) is 0 Å². The van der Waals surface area contributed by atoms with Crippen molar-refractivity contribution in [3.63, 3.8) is 0 Å². The summed E-state index contributed by atoms with van der Waals surface area (Å²) in [6.45, 7) is 12.9. The fraction of sp³-hybridized carbons (Fsp3) is 1.00. The van der Waals surface area contributed by atoms with Gasteiger partial charge in [0.1, 0.15) is 0 Å². The maximum Gasteiger partial charge on any atom is 0.00721 e. The second-order valence-corrected chi connectivity index (χ2v) is 7.94. The van der Waals surface area contributed by atoms with E-state index in [2.05, 4.69) is 44.4 Å². The molecule has 0 rings (SSSR count). The molecule has 0 heterocycles. The molecule has 0 saturated heterocycles.